The predicted molar refractivity (Wildman–Crippen MR) is 39.9 cm³/mol. The number of nitrogens with zero attached hydrogens (tertiary/aromatic N) is 3. The molecule has 2 atom stereocenters. The number of aliphatic hydroxyl groups excluding tert-OH is 1. The van der Waals surface area contributed by atoms with Crippen LogP contribution in [0, 0.1) is 0 Å². The number of hydrogen-bond donors (Lipinski definition) is 1. The van der Waals surface area contributed by atoms with Crippen LogP contribution in [0.1, 0.15) is 0 Å². The second kappa shape index (κ2) is 4.13. The minimum atomic E-state index is -1.28. The molecule has 1 heterocycles. The average Bonchev–Trinajstić information content (AvgIpc) is 2.40. The van der Waals surface area contributed by atoms with Gasteiger partial charge in [0.15, 0.2) is 11.6 Å². The molecular formula is C5H5BFN3O3. The van der Waals surface area contributed by atoms with Gasteiger partial charge < -0.3 is 14.7 Å². The summed E-state index contributed by atoms with van der Waals surface area (Å²) in [6, 6.07) is -1.28. The van der Waals surface area contributed by atoms with Crippen molar-refractivity contribution in [3.63, 3.8) is 0 Å². The summed E-state index contributed by atoms with van der Waals surface area (Å²) in [4.78, 5) is 6.54. The normalized spacial score (nSPS) is 27.2. The molecule has 1 aliphatic heterocycles. The molecule has 0 amide bonds. The third kappa shape index (κ3) is 1.92. The maximum atomic E-state index is 13.0. The Morgan fingerprint density at radius 2 is 2.54 bits per heavy atom. The fraction of sp³-hybridized carbons (Fsp3) is 0.600. The van der Waals surface area contributed by atoms with Crippen molar-refractivity contribution in [3.8, 4) is 0 Å². The first-order valence-electron chi connectivity index (χ1n) is 3.33. The van der Waals surface area contributed by atoms with E-state index in [1.54, 1.807) is 0 Å². The predicted octanol–water partition coefficient (Wildman–Crippen LogP) is 0.295. The Morgan fingerprint density at radius 1 is 1.85 bits per heavy atom. The molecule has 0 spiro atoms. The van der Waals surface area contributed by atoms with Gasteiger partial charge in [0, 0.05) is 4.91 Å². The second-order valence-electron chi connectivity index (χ2n) is 2.20. The summed E-state index contributed by atoms with van der Waals surface area (Å²) < 4.78 is 17.7. The van der Waals surface area contributed by atoms with Crippen molar-refractivity contribution in [3.05, 3.63) is 22.0 Å². The number of rotatable bonds is 3. The van der Waals surface area contributed by atoms with E-state index in [9.17, 15) is 4.39 Å². The summed E-state index contributed by atoms with van der Waals surface area (Å²) in [5.74, 6) is -1.26. The van der Waals surface area contributed by atoms with E-state index in [0.717, 1.165) is 0 Å². The Balaban J connectivity index is 2.80. The van der Waals surface area contributed by atoms with Gasteiger partial charge >= 0.3 is 0 Å². The van der Waals surface area contributed by atoms with Gasteiger partial charge in [-0.15, -0.1) is 0 Å². The van der Waals surface area contributed by atoms with E-state index in [2.05, 4.69) is 15.0 Å². The molecule has 0 fully saturated rings. The maximum Gasteiger partial charge on any atom is 0.178 e. The molecule has 0 aromatic rings. The molecule has 0 unspecified atom stereocenters. The molecule has 0 bridgehead atoms. The van der Waals surface area contributed by atoms with Crippen molar-refractivity contribution < 1.29 is 19.1 Å². The quantitative estimate of drug-likeness (QED) is 0.225. The molecule has 1 rings (SSSR count). The summed E-state index contributed by atoms with van der Waals surface area (Å²) in [6.45, 7) is -0.503. The highest BCUT2D eigenvalue weighted by atomic mass is 19.1. The van der Waals surface area contributed by atoms with Crippen LogP contribution >= 0.6 is 0 Å². The standard InChI is InChI=1S/C5H5BFN3O3/c6-5-3(7)4(13-10-9-8)2(1-11)12-5/h2,5,11H,1H2/t2-,5-/m1/s1. The van der Waals surface area contributed by atoms with Crippen LogP contribution in [0.2, 0.25) is 0 Å². The van der Waals surface area contributed by atoms with Crippen molar-refractivity contribution in [2.45, 2.75) is 12.1 Å². The van der Waals surface area contributed by atoms with Crippen LogP contribution in [0.4, 0.5) is 4.39 Å². The maximum absolute atomic E-state index is 13.0. The van der Waals surface area contributed by atoms with Crippen LogP contribution in [0.5, 0.6) is 0 Å². The van der Waals surface area contributed by atoms with E-state index in [-0.39, 0.29) is 5.76 Å². The van der Waals surface area contributed by atoms with Gasteiger partial charge in [-0.3, -0.25) is 0 Å². The van der Waals surface area contributed by atoms with E-state index in [1.165, 1.54) is 0 Å². The fourth-order valence-electron chi connectivity index (χ4n) is 0.883. The lowest BCUT2D eigenvalue weighted by atomic mass is 10.00. The Hall–Kier alpha value is -1.24. The van der Waals surface area contributed by atoms with E-state index < -0.39 is 24.5 Å². The lowest BCUT2D eigenvalue weighted by Crippen LogP contribution is -2.19. The van der Waals surface area contributed by atoms with Gasteiger partial charge in [0.2, 0.25) is 0 Å². The Bertz CT molecular complexity index is 278. The first kappa shape index (κ1) is 9.85. The zero-order valence-corrected chi connectivity index (χ0v) is 6.42. The number of aliphatic hydroxyl groups is 1. The molecule has 13 heavy (non-hydrogen) atoms. The molecule has 0 aromatic heterocycles. The topological polar surface area (TPSA) is 87.5 Å². The van der Waals surface area contributed by atoms with Gasteiger partial charge in [0.25, 0.3) is 0 Å². The molecule has 6 nitrogen and oxygen atoms in total. The lowest BCUT2D eigenvalue weighted by molar-refractivity contribution is 0.0191. The van der Waals surface area contributed by atoms with Crippen LogP contribution in [0.3, 0.4) is 0 Å². The van der Waals surface area contributed by atoms with Crippen molar-refractivity contribution in [2.75, 3.05) is 6.61 Å². The molecule has 8 heteroatoms. The van der Waals surface area contributed by atoms with Gasteiger partial charge in [0.1, 0.15) is 19.2 Å². The molecule has 1 N–H and O–H groups in total. The SMILES string of the molecule is [B][C@@H]1O[C@H](CO)C(ON=[N+]=[N-])=C1F. The molecule has 0 saturated heterocycles. The van der Waals surface area contributed by atoms with Crippen molar-refractivity contribution >= 4 is 7.85 Å². The van der Waals surface area contributed by atoms with Crippen molar-refractivity contribution in [1.29, 1.82) is 0 Å². The minimum Gasteiger partial charge on any atom is -0.393 e. The number of ether oxygens (including phenoxy) is 1. The van der Waals surface area contributed by atoms with Gasteiger partial charge in [-0.25, -0.2) is 4.39 Å². The zero-order chi connectivity index (χ0) is 9.84. The third-order valence-corrected chi connectivity index (χ3v) is 1.43. The van der Waals surface area contributed by atoms with E-state index >= 15 is 0 Å². The summed E-state index contributed by atoms with van der Waals surface area (Å²) in [7, 11) is 5.13. The van der Waals surface area contributed by atoms with Crippen molar-refractivity contribution in [2.24, 2.45) is 5.28 Å². The first-order chi connectivity index (χ1) is 6.20. The number of hydrogen-bond acceptors (Lipinski definition) is 4. The number of azide groups is 1. The highest BCUT2D eigenvalue weighted by Crippen LogP contribution is 2.27. The Morgan fingerprint density at radius 3 is 3.08 bits per heavy atom. The molecular weight excluding hydrogens is 180 g/mol. The van der Waals surface area contributed by atoms with Gasteiger partial charge in [-0.05, 0) is 5.53 Å². The summed E-state index contributed by atoms with van der Waals surface area (Å²) >= 11 is 0. The third-order valence-electron chi connectivity index (χ3n) is 1.43. The van der Waals surface area contributed by atoms with Crippen LogP contribution in [-0.4, -0.2) is 31.7 Å². The van der Waals surface area contributed by atoms with Gasteiger partial charge in [-0.2, -0.15) is 0 Å². The molecule has 0 saturated carbocycles. The van der Waals surface area contributed by atoms with E-state index in [1.807, 2.05) is 0 Å². The van der Waals surface area contributed by atoms with E-state index in [0.29, 0.717) is 0 Å². The minimum absolute atomic E-state index is 0.382. The van der Waals surface area contributed by atoms with Crippen molar-refractivity contribution in [1.82, 2.24) is 0 Å². The summed E-state index contributed by atoms with van der Waals surface area (Å²) in [5, 5.41) is 11.3. The monoisotopic (exact) mass is 185 g/mol. The Kier molecular flexibility index (Phi) is 3.13. The zero-order valence-electron chi connectivity index (χ0n) is 6.42. The van der Waals surface area contributed by atoms with Gasteiger partial charge in [-0.1, -0.05) is 0 Å². The molecule has 0 aromatic carbocycles. The molecule has 68 valence electrons. The van der Waals surface area contributed by atoms with E-state index in [4.69, 9.17) is 23.2 Å². The van der Waals surface area contributed by atoms with Gasteiger partial charge in [0.05, 0.1) is 12.6 Å². The van der Waals surface area contributed by atoms with Crippen LogP contribution < -0.4 is 0 Å². The second-order valence-corrected chi connectivity index (χ2v) is 2.20. The summed E-state index contributed by atoms with van der Waals surface area (Å²) in [6.07, 6.45) is -1.01. The highest BCUT2D eigenvalue weighted by molar-refractivity contribution is 6.13. The average molecular weight is 185 g/mol. The highest BCUT2D eigenvalue weighted by Gasteiger charge is 2.33. The molecule has 2 radical (unpaired) electrons. The van der Waals surface area contributed by atoms with Crippen LogP contribution in [0.25, 0.3) is 10.4 Å². The molecule has 1 aliphatic rings. The fourth-order valence-corrected chi connectivity index (χ4v) is 0.883. The first-order valence-corrected chi connectivity index (χ1v) is 3.33. The largest absolute Gasteiger partial charge is 0.393 e. The van der Waals surface area contributed by atoms with Crippen LogP contribution in [0.15, 0.2) is 16.9 Å². The smallest absolute Gasteiger partial charge is 0.178 e. The summed E-state index contributed by atoms with van der Waals surface area (Å²) in [5.41, 5.74) is 7.89. The number of halogens is 1. The lowest BCUT2D eigenvalue weighted by Gasteiger charge is -2.08. The van der Waals surface area contributed by atoms with Crippen LogP contribution in [-0.2, 0) is 9.57 Å². The molecule has 0 aliphatic carbocycles. The Labute approximate surface area is 73.9 Å².